The molecule has 0 bridgehead atoms. The van der Waals surface area contributed by atoms with Crippen LogP contribution in [0.15, 0.2) is 36.4 Å². The minimum Gasteiger partial charge on any atom is -0.454 e. The Kier molecular flexibility index (Phi) is 4.13. The van der Waals surface area contributed by atoms with Crippen molar-refractivity contribution >= 4 is 23.2 Å². The number of fused-ring (bicyclic) bond motifs is 1. The third-order valence-corrected chi connectivity index (χ3v) is 4.74. The number of carbonyl (C=O) groups is 1. The Morgan fingerprint density at radius 1 is 1.00 bits per heavy atom. The first-order valence-corrected chi connectivity index (χ1v) is 8.38. The number of ether oxygens (including phenoxy) is 2. The van der Waals surface area contributed by atoms with Crippen molar-refractivity contribution in [3.63, 3.8) is 0 Å². The number of anilines is 1. The van der Waals surface area contributed by atoms with Crippen LogP contribution in [-0.4, -0.2) is 43.8 Å². The number of nitrogens with zero attached hydrogens (tertiary/aromatic N) is 2. The molecule has 0 radical (unpaired) electrons. The van der Waals surface area contributed by atoms with Crippen molar-refractivity contribution in [1.82, 2.24) is 4.90 Å². The largest absolute Gasteiger partial charge is 0.454 e. The van der Waals surface area contributed by atoms with E-state index in [1.54, 1.807) is 35.2 Å². The molecule has 7 heteroatoms. The molecule has 130 valence electrons. The Hall–Kier alpha value is -2.47. The van der Waals surface area contributed by atoms with Gasteiger partial charge in [0, 0.05) is 37.4 Å². The van der Waals surface area contributed by atoms with Crippen LogP contribution in [0.2, 0.25) is 5.02 Å². The molecule has 2 aromatic rings. The summed E-state index contributed by atoms with van der Waals surface area (Å²) >= 11 is 5.85. The van der Waals surface area contributed by atoms with E-state index < -0.39 is 5.82 Å². The number of halogens is 2. The molecule has 0 unspecified atom stereocenters. The van der Waals surface area contributed by atoms with Crippen LogP contribution in [-0.2, 0) is 0 Å². The normalized spacial score (nSPS) is 16.2. The lowest BCUT2D eigenvalue weighted by Crippen LogP contribution is -2.48. The lowest BCUT2D eigenvalue weighted by Gasteiger charge is -2.36. The first-order valence-electron chi connectivity index (χ1n) is 8.01. The summed E-state index contributed by atoms with van der Waals surface area (Å²) in [5, 5.41) is 0.108. The van der Waals surface area contributed by atoms with Gasteiger partial charge in [0.2, 0.25) is 6.79 Å². The van der Waals surface area contributed by atoms with Gasteiger partial charge in [-0.3, -0.25) is 4.79 Å². The van der Waals surface area contributed by atoms with E-state index in [1.807, 2.05) is 0 Å². The van der Waals surface area contributed by atoms with Crippen LogP contribution >= 0.6 is 11.6 Å². The summed E-state index contributed by atoms with van der Waals surface area (Å²) in [6, 6.07) is 9.91. The Morgan fingerprint density at radius 2 is 1.76 bits per heavy atom. The van der Waals surface area contributed by atoms with Gasteiger partial charge in [-0.05, 0) is 36.4 Å². The molecular formula is C18H16ClFN2O3. The molecule has 1 saturated heterocycles. The Bertz CT molecular complexity index is 822. The topological polar surface area (TPSA) is 42.0 Å². The van der Waals surface area contributed by atoms with Crippen LogP contribution in [0.25, 0.3) is 0 Å². The van der Waals surface area contributed by atoms with E-state index >= 15 is 0 Å². The minimum absolute atomic E-state index is 0.0323. The van der Waals surface area contributed by atoms with Crippen molar-refractivity contribution in [2.75, 3.05) is 37.9 Å². The van der Waals surface area contributed by atoms with E-state index in [-0.39, 0.29) is 17.7 Å². The SMILES string of the molecule is O=C(c1ccc2c(c1)OCO2)N1CCN(c2ccc(F)c(Cl)c2)CC1. The van der Waals surface area contributed by atoms with Gasteiger partial charge in [-0.2, -0.15) is 0 Å². The van der Waals surface area contributed by atoms with Gasteiger partial charge in [0.25, 0.3) is 5.91 Å². The molecule has 2 aromatic carbocycles. The van der Waals surface area contributed by atoms with E-state index in [0.29, 0.717) is 43.2 Å². The molecule has 2 aliphatic rings. The van der Waals surface area contributed by atoms with Crippen LogP contribution in [0.5, 0.6) is 11.5 Å². The van der Waals surface area contributed by atoms with Crippen molar-refractivity contribution in [3.05, 3.63) is 52.8 Å². The molecule has 0 saturated carbocycles. The predicted octanol–water partition coefficient (Wildman–Crippen LogP) is 3.17. The zero-order chi connectivity index (χ0) is 17.4. The van der Waals surface area contributed by atoms with Crippen LogP contribution in [0.4, 0.5) is 10.1 Å². The zero-order valence-corrected chi connectivity index (χ0v) is 14.1. The van der Waals surface area contributed by atoms with Gasteiger partial charge >= 0.3 is 0 Å². The van der Waals surface area contributed by atoms with Crippen molar-refractivity contribution in [3.8, 4) is 11.5 Å². The van der Waals surface area contributed by atoms with Crippen LogP contribution < -0.4 is 14.4 Å². The second-order valence-electron chi connectivity index (χ2n) is 5.95. The van der Waals surface area contributed by atoms with Gasteiger partial charge in [-0.15, -0.1) is 0 Å². The highest BCUT2D eigenvalue weighted by atomic mass is 35.5. The number of amides is 1. The number of hydrogen-bond donors (Lipinski definition) is 0. The van der Waals surface area contributed by atoms with Gasteiger partial charge < -0.3 is 19.3 Å². The van der Waals surface area contributed by atoms with E-state index in [1.165, 1.54) is 6.07 Å². The number of piperazine rings is 1. The van der Waals surface area contributed by atoms with Gasteiger partial charge in [0.05, 0.1) is 5.02 Å². The Morgan fingerprint density at radius 3 is 2.52 bits per heavy atom. The standard InChI is InChI=1S/C18H16ClFN2O3/c19-14-10-13(2-3-15(14)20)21-5-7-22(8-6-21)18(23)12-1-4-16-17(9-12)25-11-24-16/h1-4,9-10H,5-8,11H2. The molecule has 2 heterocycles. The fourth-order valence-corrected chi connectivity index (χ4v) is 3.24. The quantitative estimate of drug-likeness (QED) is 0.823. The average Bonchev–Trinajstić information content (AvgIpc) is 3.11. The van der Waals surface area contributed by atoms with E-state index in [2.05, 4.69) is 4.90 Å². The molecule has 2 aliphatic heterocycles. The smallest absolute Gasteiger partial charge is 0.254 e. The molecule has 4 rings (SSSR count). The highest BCUT2D eigenvalue weighted by Gasteiger charge is 2.24. The molecule has 1 amide bonds. The first kappa shape index (κ1) is 16.0. The maximum Gasteiger partial charge on any atom is 0.254 e. The molecular weight excluding hydrogens is 347 g/mol. The van der Waals surface area contributed by atoms with E-state index in [9.17, 15) is 9.18 Å². The summed E-state index contributed by atoms with van der Waals surface area (Å²) in [6.45, 7) is 2.69. The molecule has 25 heavy (non-hydrogen) atoms. The van der Waals surface area contributed by atoms with Gasteiger partial charge in [0.15, 0.2) is 11.5 Å². The number of rotatable bonds is 2. The molecule has 1 fully saturated rings. The summed E-state index contributed by atoms with van der Waals surface area (Å²) in [5.74, 6) is 0.803. The third kappa shape index (κ3) is 3.09. The fourth-order valence-electron chi connectivity index (χ4n) is 3.06. The van der Waals surface area contributed by atoms with Crippen LogP contribution in [0, 0.1) is 5.82 Å². The summed E-state index contributed by atoms with van der Waals surface area (Å²) < 4.78 is 23.9. The van der Waals surface area contributed by atoms with Gasteiger partial charge in [-0.1, -0.05) is 11.6 Å². The first-order chi connectivity index (χ1) is 12.1. The predicted molar refractivity (Wildman–Crippen MR) is 92.1 cm³/mol. The Balaban J connectivity index is 1.43. The van der Waals surface area contributed by atoms with Gasteiger partial charge in [0.1, 0.15) is 5.82 Å². The lowest BCUT2D eigenvalue weighted by molar-refractivity contribution is 0.0746. The summed E-state index contributed by atoms with van der Waals surface area (Å²) in [6.07, 6.45) is 0. The highest BCUT2D eigenvalue weighted by Crippen LogP contribution is 2.33. The van der Waals surface area contributed by atoms with E-state index in [0.717, 1.165) is 5.69 Å². The molecule has 0 aliphatic carbocycles. The van der Waals surface area contributed by atoms with Gasteiger partial charge in [-0.25, -0.2) is 4.39 Å². The average molecular weight is 363 g/mol. The number of carbonyl (C=O) groups excluding carboxylic acids is 1. The molecule has 0 atom stereocenters. The third-order valence-electron chi connectivity index (χ3n) is 4.45. The Labute approximate surface area is 149 Å². The summed E-state index contributed by atoms with van der Waals surface area (Å²) in [5.41, 5.74) is 1.45. The van der Waals surface area contributed by atoms with Crippen LogP contribution in [0.1, 0.15) is 10.4 Å². The molecule has 5 nitrogen and oxygen atoms in total. The second-order valence-corrected chi connectivity index (χ2v) is 6.35. The van der Waals surface area contributed by atoms with E-state index in [4.69, 9.17) is 21.1 Å². The molecule has 0 N–H and O–H groups in total. The second kappa shape index (κ2) is 6.44. The highest BCUT2D eigenvalue weighted by molar-refractivity contribution is 6.31. The fraction of sp³-hybridized carbons (Fsp3) is 0.278. The zero-order valence-electron chi connectivity index (χ0n) is 13.4. The van der Waals surface area contributed by atoms with Crippen molar-refractivity contribution < 1.29 is 18.7 Å². The molecule has 0 spiro atoms. The number of benzene rings is 2. The molecule has 0 aromatic heterocycles. The number of hydrogen-bond acceptors (Lipinski definition) is 4. The summed E-state index contributed by atoms with van der Waals surface area (Å²) in [4.78, 5) is 16.6. The maximum atomic E-state index is 13.3. The minimum atomic E-state index is -0.429. The maximum absolute atomic E-state index is 13.3. The van der Waals surface area contributed by atoms with Crippen molar-refractivity contribution in [2.45, 2.75) is 0 Å². The summed E-state index contributed by atoms with van der Waals surface area (Å²) in [7, 11) is 0. The lowest BCUT2D eigenvalue weighted by atomic mass is 10.1. The van der Waals surface area contributed by atoms with Crippen molar-refractivity contribution in [2.24, 2.45) is 0 Å². The monoisotopic (exact) mass is 362 g/mol. The van der Waals surface area contributed by atoms with Crippen molar-refractivity contribution in [1.29, 1.82) is 0 Å². The van der Waals surface area contributed by atoms with Crippen LogP contribution in [0.3, 0.4) is 0 Å².